The number of carbonyl (C=O) groups excluding carboxylic acids is 1. The number of aromatic carboxylic acids is 1. The maximum atomic E-state index is 10.5. The maximum Gasteiger partial charge on any atom is 0.180 e. The molecule has 0 amide bonds. The Hall–Kier alpha value is -1.82. The molecule has 1 aromatic heterocycles. The van der Waals surface area contributed by atoms with Crippen LogP contribution < -0.4 is 9.84 Å². The highest BCUT2D eigenvalue weighted by molar-refractivity contribution is 9.10. The van der Waals surface area contributed by atoms with Crippen LogP contribution in [0.3, 0.4) is 0 Å². The zero-order valence-corrected chi connectivity index (χ0v) is 10.3. The van der Waals surface area contributed by atoms with Gasteiger partial charge in [-0.3, -0.25) is 0 Å². The molecule has 17 heavy (non-hydrogen) atoms. The van der Waals surface area contributed by atoms with E-state index in [1.807, 2.05) is 12.1 Å². The molecule has 0 fully saturated rings. The lowest BCUT2D eigenvalue weighted by atomic mass is 10.3. The average Bonchev–Trinajstić information content (AvgIpc) is 2.77. The standard InChI is InChI=1S/C11H9BrN2O3/c12-8-1-3-9(4-2-8)17-7-14-6-5-10(13-14)11(15)16/h1-6H,7H2,(H,15,16)/p-1. The van der Waals surface area contributed by atoms with E-state index in [9.17, 15) is 9.90 Å². The number of benzene rings is 1. The minimum Gasteiger partial charge on any atom is -0.543 e. The second-order valence-corrected chi connectivity index (χ2v) is 4.17. The van der Waals surface area contributed by atoms with E-state index < -0.39 is 5.97 Å². The van der Waals surface area contributed by atoms with E-state index in [0.717, 1.165) is 4.47 Å². The van der Waals surface area contributed by atoms with Crippen LogP contribution in [-0.4, -0.2) is 15.7 Å². The topological polar surface area (TPSA) is 67.2 Å². The van der Waals surface area contributed by atoms with Crippen LogP contribution in [0.15, 0.2) is 41.0 Å². The molecule has 0 bridgehead atoms. The smallest absolute Gasteiger partial charge is 0.180 e. The lowest BCUT2D eigenvalue weighted by Gasteiger charge is -2.06. The van der Waals surface area contributed by atoms with Gasteiger partial charge in [-0.2, -0.15) is 5.10 Å². The maximum absolute atomic E-state index is 10.5. The molecule has 0 N–H and O–H groups in total. The second-order valence-electron chi connectivity index (χ2n) is 3.26. The molecule has 6 heteroatoms. The van der Waals surface area contributed by atoms with Crippen LogP contribution in [0.2, 0.25) is 0 Å². The molecule has 0 aliphatic carbocycles. The van der Waals surface area contributed by atoms with Gasteiger partial charge in [-0.15, -0.1) is 0 Å². The predicted molar refractivity (Wildman–Crippen MR) is 61.3 cm³/mol. The van der Waals surface area contributed by atoms with Gasteiger partial charge in [0.2, 0.25) is 0 Å². The largest absolute Gasteiger partial charge is 0.543 e. The molecule has 0 unspecified atom stereocenters. The molecular weight excluding hydrogens is 288 g/mol. The zero-order valence-electron chi connectivity index (χ0n) is 8.67. The molecular formula is C11H8BrN2O3-. The van der Waals surface area contributed by atoms with E-state index >= 15 is 0 Å². The number of carbonyl (C=O) groups is 1. The summed E-state index contributed by atoms with van der Waals surface area (Å²) in [6.45, 7) is 0.148. The molecule has 0 saturated heterocycles. The number of ether oxygens (including phenoxy) is 1. The minimum atomic E-state index is -1.30. The average molecular weight is 296 g/mol. The summed E-state index contributed by atoms with van der Waals surface area (Å²) < 4.78 is 7.75. The molecule has 88 valence electrons. The van der Waals surface area contributed by atoms with Gasteiger partial charge in [0.05, 0.1) is 5.97 Å². The van der Waals surface area contributed by atoms with Gasteiger partial charge in [-0.05, 0) is 30.3 Å². The number of hydrogen-bond donors (Lipinski definition) is 0. The number of aromatic nitrogens is 2. The quantitative estimate of drug-likeness (QED) is 0.845. The van der Waals surface area contributed by atoms with Crippen molar-refractivity contribution in [2.75, 3.05) is 0 Å². The number of nitrogens with zero attached hydrogens (tertiary/aromatic N) is 2. The molecule has 2 aromatic rings. The Morgan fingerprint density at radius 1 is 1.35 bits per heavy atom. The van der Waals surface area contributed by atoms with Gasteiger partial charge in [-0.25, -0.2) is 4.68 Å². The monoisotopic (exact) mass is 295 g/mol. The Bertz CT molecular complexity index is 522. The Kier molecular flexibility index (Phi) is 3.43. The predicted octanol–water partition coefficient (Wildman–Crippen LogP) is 1.05. The third-order valence-corrected chi connectivity index (χ3v) is 2.56. The molecule has 0 atom stereocenters. The van der Waals surface area contributed by atoms with Gasteiger partial charge in [0.25, 0.3) is 0 Å². The normalized spacial score (nSPS) is 10.2. The SMILES string of the molecule is O=C([O-])c1ccn(COc2ccc(Br)cc2)n1. The van der Waals surface area contributed by atoms with Gasteiger partial charge in [0.15, 0.2) is 6.73 Å². The molecule has 0 aliphatic heterocycles. The van der Waals surface area contributed by atoms with Crippen molar-refractivity contribution in [3.8, 4) is 5.75 Å². The lowest BCUT2D eigenvalue weighted by Crippen LogP contribution is -2.23. The first-order valence-electron chi connectivity index (χ1n) is 4.78. The molecule has 0 spiro atoms. The third-order valence-electron chi connectivity index (χ3n) is 2.03. The summed E-state index contributed by atoms with van der Waals surface area (Å²) in [4.78, 5) is 10.5. The highest BCUT2D eigenvalue weighted by atomic mass is 79.9. The lowest BCUT2D eigenvalue weighted by molar-refractivity contribution is -0.255. The molecule has 1 aromatic carbocycles. The second kappa shape index (κ2) is 5.01. The van der Waals surface area contributed by atoms with Gasteiger partial charge in [0.1, 0.15) is 11.4 Å². The summed E-state index contributed by atoms with van der Waals surface area (Å²) >= 11 is 3.32. The molecule has 5 nitrogen and oxygen atoms in total. The third kappa shape index (κ3) is 3.07. The van der Waals surface area contributed by atoms with Crippen molar-refractivity contribution in [3.05, 3.63) is 46.7 Å². The highest BCUT2D eigenvalue weighted by Gasteiger charge is 2.00. The molecule has 2 rings (SSSR count). The van der Waals surface area contributed by atoms with Crippen LogP contribution in [0.25, 0.3) is 0 Å². The Morgan fingerprint density at radius 3 is 2.65 bits per heavy atom. The van der Waals surface area contributed by atoms with Crippen LogP contribution >= 0.6 is 15.9 Å². The van der Waals surface area contributed by atoms with E-state index in [1.165, 1.54) is 16.9 Å². The first-order chi connectivity index (χ1) is 8.15. The highest BCUT2D eigenvalue weighted by Crippen LogP contribution is 2.16. The fraction of sp³-hybridized carbons (Fsp3) is 0.0909. The summed E-state index contributed by atoms with van der Waals surface area (Å²) in [5.41, 5.74) is -0.107. The molecule has 0 saturated carbocycles. The van der Waals surface area contributed by atoms with Gasteiger partial charge < -0.3 is 14.6 Å². The fourth-order valence-corrected chi connectivity index (χ4v) is 1.48. The zero-order chi connectivity index (χ0) is 12.3. The van der Waals surface area contributed by atoms with Crippen molar-refractivity contribution in [1.82, 2.24) is 9.78 Å². The van der Waals surface area contributed by atoms with Crippen molar-refractivity contribution >= 4 is 21.9 Å². The fourth-order valence-electron chi connectivity index (χ4n) is 1.21. The molecule has 0 aliphatic rings. The number of halogens is 1. The van der Waals surface area contributed by atoms with Crippen LogP contribution in [0.1, 0.15) is 10.5 Å². The van der Waals surface area contributed by atoms with E-state index in [4.69, 9.17) is 4.74 Å². The van der Waals surface area contributed by atoms with Gasteiger partial charge in [-0.1, -0.05) is 15.9 Å². The number of rotatable bonds is 4. The van der Waals surface area contributed by atoms with Gasteiger partial charge >= 0.3 is 0 Å². The Balaban J connectivity index is 1.97. The van der Waals surface area contributed by atoms with Crippen LogP contribution in [0.5, 0.6) is 5.75 Å². The number of hydrogen-bond acceptors (Lipinski definition) is 4. The summed E-state index contributed by atoms with van der Waals surface area (Å²) in [6, 6.07) is 8.66. The van der Waals surface area contributed by atoms with E-state index in [-0.39, 0.29) is 12.4 Å². The van der Waals surface area contributed by atoms with E-state index in [1.54, 1.807) is 12.1 Å². The van der Waals surface area contributed by atoms with Crippen molar-refractivity contribution in [3.63, 3.8) is 0 Å². The van der Waals surface area contributed by atoms with E-state index in [2.05, 4.69) is 21.0 Å². The van der Waals surface area contributed by atoms with E-state index in [0.29, 0.717) is 5.75 Å². The van der Waals surface area contributed by atoms with Crippen molar-refractivity contribution in [2.45, 2.75) is 6.73 Å². The van der Waals surface area contributed by atoms with Crippen molar-refractivity contribution < 1.29 is 14.6 Å². The minimum absolute atomic E-state index is 0.107. The number of carboxylic acid groups (broad SMARTS) is 1. The van der Waals surface area contributed by atoms with Crippen molar-refractivity contribution in [1.29, 1.82) is 0 Å². The van der Waals surface area contributed by atoms with Crippen LogP contribution in [-0.2, 0) is 6.73 Å². The van der Waals surface area contributed by atoms with Gasteiger partial charge in [0, 0.05) is 10.7 Å². The van der Waals surface area contributed by atoms with Crippen LogP contribution in [0, 0.1) is 0 Å². The van der Waals surface area contributed by atoms with Crippen LogP contribution in [0.4, 0.5) is 0 Å². The Labute approximate surface area is 106 Å². The summed E-state index contributed by atoms with van der Waals surface area (Å²) in [7, 11) is 0. The Morgan fingerprint density at radius 2 is 2.06 bits per heavy atom. The summed E-state index contributed by atoms with van der Waals surface area (Å²) in [5, 5.41) is 14.3. The summed E-state index contributed by atoms with van der Waals surface area (Å²) in [6.07, 6.45) is 1.52. The summed E-state index contributed by atoms with van der Waals surface area (Å²) in [5.74, 6) is -0.619. The van der Waals surface area contributed by atoms with Crippen molar-refractivity contribution in [2.24, 2.45) is 0 Å². The number of carboxylic acids is 1. The molecule has 0 radical (unpaired) electrons. The molecule has 1 heterocycles. The first-order valence-corrected chi connectivity index (χ1v) is 5.57. The first kappa shape index (κ1) is 11.7.